The number of H-pyrrole nitrogens is 1. The van der Waals surface area contributed by atoms with Gasteiger partial charge in [0.15, 0.2) is 11.5 Å². The van der Waals surface area contributed by atoms with E-state index in [-0.39, 0.29) is 47.5 Å². The lowest BCUT2D eigenvalue weighted by molar-refractivity contribution is -0.136. The fourth-order valence-corrected chi connectivity index (χ4v) is 3.53. The van der Waals surface area contributed by atoms with Crippen LogP contribution < -0.4 is 5.32 Å². The van der Waals surface area contributed by atoms with Gasteiger partial charge in [-0.25, -0.2) is 4.98 Å². The third-order valence-corrected chi connectivity index (χ3v) is 4.72. The SMILES string of the molecule is COCCC(=O)N1CCC[C@H]1c1cc(C(F)(F)F)c2c(NC(C)C)n[nH]c2n1. The molecule has 2 N–H and O–H groups in total. The molecule has 28 heavy (non-hydrogen) atoms. The number of ether oxygens (including phenoxy) is 1. The van der Waals surface area contributed by atoms with Gasteiger partial charge in [0.2, 0.25) is 5.91 Å². The first kappa shape index (κ1) is 20.4. The van der Waals surface area contributed by atoms with Crippen LogP contribution in [0.3, 0.4) is 0 Å². The molecule has 0 radical (unpaired) electrons. The Morgan fingerprint density at radius 2 is 2.21 bits per heavy atom. The first-order valence-electron chi connectivity index (χ1n) is 9.23. The van der Waals surface area contributed by atoms with Crippen molar-refractivity contribution in [2.45, 2.75) is 51.4 Å². The Hall–Kier alpha value is -2.36. The molecule has 0 aromatic carbocycles. The normalized spacial score (nSPS) is 17.7. The molecule has 0 unspecified atom stereocenters. The van der Waals surface area contributed by atoms with Crippen LogP contribution >= 0.6 is 0 Å². The van der Waals surface area contributed by atoms with Crippen molar-refractivity contribution < 1.29 is 22.7 Å². The van der Waals surface area contributed by atoms with E-state index in [0.29, 0.717) is 19.4 Å². The third kappa shape index (κ3) is 4.06. The number of anilines is 1. The molecule has 1 fully saturated rings. The van der Waals surface area contributed by atoms with Gasteiger partial charge < -0.3 is 15.0 Å². The molecule has 0 aliphatic carbocycles. The number of aromatic amines is 1. The number of halogens is 3. The second kappa shape index (κ2) is 7.94. The average Bonchev–Trinajstić information content (AvgIpc) is 3.25. The number of pyridine rings is 1. The number of hydrogen-bond acceptors (Lipinski definition) is 5. The van der Waals surface area contributed by atoms with Crippen LogP contribution in [-0.2, 0) is 15.7 Å². The molecule has 0 spiro atoms. The fourth-order valence-electron chi connectivity index (χ4n) is 3.53. The van der Waals surface area contributed by atoms with E-state index >= 15 is 0 Å². The third-order valence-electron chi connectivity index (χ3n) is 4.72. The van der Waals surface area contributed by atoms with Crippen LogP contribution in [0.25, 0.3) is 11.0 Å². The molecular weight excluding hydrogens is 375 g/mol. The summed E-state index contributed by atoms with van der Waals surface area (Å²) in [6.07, 6.45) is -3.10. The molecule has 3 heterocycles. The van der Waals surface area contributed by atoms with E-state index in [4.69, 9.17) is 4.74 Å². The van der Waals surface area contributed by atoms with Crippen LogP contribution in [0.5, 0.6) is 0 Å². The van der Waals surface area contributed by atoms with Gasteiger partial charge in [0.05, 0.1) is 35.7 Å². The molecule has 1 aliphatic heterocycles. The lowest BCUT2D eigenvalue weighted by atomic mass is 10.0. The summed E-state index contributed by atoms with van der Waals surface area (Å²) in [4.78, 5) is 18.4. The molecular formula is C18H24F3N5O2. The Balaban J connectivity index is 2.04. The molecule has 0 saturated carbocycles. The summed E-state index contributed by atoms with van der Waals surface area (Å²) in [5, 5.41) is 9.41. The summed E-state index contributed by atoms with van der Waals surface area (Å²) in [5.41, 5.74) is -0.521. The number of nitrogens with zero attached hydrogens (tertiary/aromatic N) is 3. The number of methoxy groups -OCH3 is 1. The number of carbonyl (C=O) groups is 1. The molecule has 3 rings (SSSR count). The van der Waals surface area contributed by atoms with Crippen LogP contribution in [0.1, 0.15) is 50.4 Å². The van der Waals surface area contributed by atoms with Crippen LogP contribution in [0, 0.1) is 0 Å². The van der Waals surface area contributed by atoms with E-state index in [0.717, 1.165) is 6.07 Å². The molecule has 1 aliphatic rings. The van der Waals surface area contributed by atoms with Gasteiger partial charge in [0.1, 0.15) is 0 Å². The van der Waals surface area contributed by atoms with Gasteiger partial charge in [-0.05, 0) is 32.8 Å². The average molecular weight is 399 g/mol. The number of nitrogens with one attached hydrogen (secondary N) is 2. The Kier molecular flexibility index (Phi) is 5.78. The zero-order valence-corrected chi connectivity index (χ0v) is 16.1. The maximum atomic E-state index is 13.8. The second-order valence-electron chi connectivity index (χ2n) is 7.18. The Bertz CT molecular complexity index is 850. The van der Waals surface area contributed by atoms with Crippen molar-refractivity contribution in [1.29, 1.82) is 0 Å². The van der Waals surface area contributed by atoms with E-state index in [2.05, 4.69) is 20.5 Å². The number of fused-ring (bicyclic) bond motifs is 1. The zero-order valence-electron chi connectivity index (χ0n) is 16.1. The lowest BCUT2D eigenvalue weighted by Crippen LogP contribution is -2.31. The second-order valence-corrected chi connectivity index (χ2v) is 7.18. The maximum Gasteiger partial charge on any atom is 0.417 e. The molecule has 1 atom stereocenters. The smallest absolute Gasteiger partial charge is 0.384 e. The van der Waals surface area contributed by atoms with E-state index in [1.165, 1.54) is 7.11 Å². The van der Waals surface area contributed by atoms with Crippen LogP contribution in [-0.4, -0.2) is 52.3 Å². The summed E-state index contributed by atoms with van der Waals surface area (Å²) in [5.74, 6) is -0.0256. The van der Waals surface area contributed by atoms with Gasteiger partial charge in [-0.1, -0.05) is 0 Å². The molecule has 2 aromatic rings. The minimum atomic E-state index is -4.57. The van der Waals surface area contributed by atoms with Crippen molar-refractivity contribution in [3.63, 3.8) is 0 Å². The molecule has 154 valence electrons. The van der Waals surface area contributed by atoms with Gasteiger partial charge >= 0.3 is 6.18 Å². The van der Waals surface area contributed by atoms with Crippen LogP contribution in [0.15, 0.2) is 6.07 Å². The molecule has 7 nitrogen and oxygen atoms in total. The number of hydrogen-bond donors (Lipinski definition) is 2. The Labute approximate surface area is 160 Å². The summed E-state index contributed by atoms with van der Waals surface area (Å²) < 4.78 is 46.4. The van der Waals surface area contributed by atoms with E-state index < -0.39 is 17.8 Å². The highest BCUT2D eigenvalue weighted by molar-refractivity contribution is 5.91. The van der Waals surface area contributed by atoms with Gasteiger partial charge in [-0.2, -0.15) is 18.3 Å². The quantitative estimate of drug-likeness (QED) is 0.777. The van der Waals surface area contributed by atoms with E-state index in [1.54, 1.807) is 4.90 Å². The summed E-state index contributed by atoms with van der Waals surface area (Å²) >= 11 is 0. The summed E-state index contributed by atoms with van der Waals surface area (Å²) in [6.45, 7) is 4.40. The van der Waals surface area contributed by atoms with Crippen LogP contribution in [0.4, 0.5) is 19.0 Å². The maximum absolute atomic E-state index is 13.8. The number of carbonyl (C=O) groups excluding carboxylic acids is 1. The lowest BCUT2D eigenvalue weighted by Gasteiger charge is -2.25. The molecule has 2 aromatic heterocycles. The predicted octanol–water partition coefficient (Wildman–Crippen LogP) is 3.50. The number of alkyl halides is 3. The van der Waals surface area contributed by atoms with Crippen molar-refractivity contribution in [2.24, 2.45) is 0 Å². The Morgan fingerprint density at radius 3 is 2.86 bits per heavy atom. The van der Waals surface area contributed by atoms with Crippen molar-refractivity contribution in [1.82, 2.24) is 20.1 Å². The van der Waals surface area contributed by atoms with Crippen LogP contribution in [0.2, 0.25) is 0 Å². The molecule has 0 bridgehead atoms. The number of rotatable bonds is 6. The van der Waals surface area contributed by atoms with Crippen molar-refractivity contribution in [3.05, 3.63) is 17.3 Å². The van der Waals surface area contributed by atoms with Crippen molar-refractivity contribution in [3.8, 4) is 0 Å². The van der Waals surface area contributed by atoms with E-state index in [1.807, 2.05) is 13.8 Å². The van der Waals surface area contributed by atoms with Crippen molar-refractivity contribution >= 4 is 22.8 Å². The standard InChI is InChI=1S/C18H24F3N5O2/c1-10(2)22-16-15-11(18(19,20)21)9-12(23-17(15)25-24-16)13-5-4-7-26(13)14(27)6-8-28-3/h9-10,13H,4-8H2,1-3H3,(H2,22,23,24,25)/t13-/m0/s1. The molecule has 1 amide bonds. The fraction of sp³-hybridized carbons (Fsp3) is 0.611. The Morgan fingerprint density at radius 1 is 1.46 bits per heavy atom. The largest absolute Gasteiger partial charge is 0.417 e. The van der Waals surface area contributed by atoms with Gasteiger partial charge in [-0.3, -0.25) is 9.89 Å². The topological polar surface area (TPSA) is 83.1 Å². The number of aromatic nitrogens is 3. The van der Waals surface area contributed by atoms with E-state index in [9.17, 15) is 18.0 Å². The van der Waals surface area contributed by atoms with Gasteiger partial charge in [0, 0.05) is 19.7 Å². The highest BCUT2D eigenvalue weighted by atomic mass is 19.4. The highest BCUT2D eigenvalue weighted by Crippen LogP contribution is 2.40. The van der Waals surface area contributed by atoms with Gasteiger partial charge in [0.25, 0.3) is 0 Å². The summed E-state index contributed by atoms with van der Waals surface area (Å²) in [6, 6.07) is 0.478. The minimum Gasteiger partial charge on any atom is -0.384 e. The number of amides is 1. The monoisotopic (exact) mass is 399 g/mol. The highest BCUT2D eigenvalue weighted by Gasteiger charge is 2.38. The number of likely N-dealkylation sites (tertiary alicyclic amines) is 1. The first-order chi connectivity index (χ1) is 13.2. The predicted molar refractivity (Wildman–Crippen MR) is 97.8 cm³/mol. The van der Waals surface area contributed by atoms with Gasteiger partial charge in [-0.15, -0.1) is 0 Å². The molecule has 1 saturated heterocycles. The summed E-state index contributed by atoms with van der Waals surface area (Å²) in [7, 11) is 1.50. The zero-order chi connectivity index (χ0) is 20.5. The minimum absolute atomic E-state index is 0.0594. The molecule has 10 heteroatoms. The first-order valence-corrected chi connectivity index (χ1v) is 9.23. The van der Waals surface area contributed by atoms with Crippen molar-refractivity contribution in [2.75, 3.05) is 25.6 Å².